The molecule has 0 spiro atoms. The molecule has 0 atom stereocenters. The van der Waals surface area contributed by atoms with Crippen molar-refractivity contribution < 1.29 is 14.3 Å². The second-order valence-corrected chi connectivity index (χ2v) is 2.99. The van der Waals surface area contributed by atoms with Gasteiger partial charge < -0.3 is 9.67 Å². The summed E-state index contributed by atoms with van der Waals surface area (Å²) in [6.45, 7) is 0. The lowest BCUT2D eigenvalue weighted by Gasteiger charge is -1.98. The van der Waals surface area contributed by atoms with Crippen molar-refractivity contribution in [1.29, 1.82) is 0 Å². The van der Waals surface area contributed by atoms with Crippen LogP contribution in [0.15, 0.2) is 18.5 Å². The van der Waals surface area contributed by atoms with E-state index in [1.54, 1.807) is 7.05 Å². The monoisotopic (exact) mass is 194 g/mol. The quantitative estimate of drug-likeness (QED) is 0.746. The van der Waals surface area contributed by atoms with Crippen molar-refractivity contribution in [3.8, 4) is 0 Å². The molecular weight excluding hydrogens is 187 g/mol. The highest BCUT2D eigenvalue weighted by Gasteiger charge is 2.11. The van der Waals surface area contributed by atoms with E-state index in [0.29, 0.717) is 11.0 Å². The molecule has 0 aliphatic rings. The average Bonchev–Trinajstić information content (AvgIpc) is 2.48. The summed E-state index contributed by atoms with van der Waals surface area (Å²) in [5, 5.41) is 8.67. The van der Waals surface area contributed by atoms with Gasteiger partial charge in [-0.05, 0) is 12.1 Å². The van der Waals surface area contributed by atoms with Crippen LogP contribution in [0.4, 0.5) is 4.39 Å². The molecule has 0 radical (unpaired) electrons. The van der Waals surface area contributed by atoms with Gasteiger partial charge in [0.15, 0.2) is 0 Å². The van der Waals surface area contributed by atoms with Gasteiger partial charge in [0, 0.05) is 7.05 Å². The van der Waals surface area contributed by atoms with E-state index >= 15 is 0 Å². The minimum absolute atomic E-state index is 0.0892. The minimum atomic E-state index is -1.16. The Bertz CT molecular complexity index is 519. The van der Waals surface area contributed by atoms with Crippen LogP contribution in [0, 0.1) is 5.82 Å². The van der Waals surface area contributed by atoms with E-state index in [0.717, 1.165) is 6.07 Å². The van der Waals surface area contributed by atoms with Crippen LogP contribution in [0.1, 0.15) is 10.4 Å². The number of rotatable bonds is 1. The fraction of sp³-hybridized carbons (Fsp3) is 0.111. The van der Waals surface area contributed by atoms with E-state index in [1.807, 2.05) is 0 Å². The molecule has 1 aromatic heterocycles. The number of carboxylic acids is 1. The summed E-state index contributed by atoms with van der Waals surface area (Å²) in [5.74, 6) is -1.73. The Balaban J connectivity index is 2.80. The third-order valence-corrected chi connectivity index (χ3v) is 2.01. The molecule has 0 amide bonds. The van der Waals surface area contributed by atoms with Crippen LogP contribution in [0.5, 0.6) is 0 Å². The Kier molecular flexibility index (Phi) is 1.73. The second kappa shape index (κ2) is 2.80. The maximum Gasteiger partial charge on any atom is 0.335 e. The van der Waals surface area contributed by atoms with Crippen LogP contribution in [-0.2, 0) is 7.05 Å². The van der Waals surface area contributed by atoms with Gasteiger partial charge in [0.2, 0.25) is 0 Å². The fourth-order valence-electron chi connectivity index (χ4n) is 1.36. The molecule has 2 aromatic rings. The summed E-state index contributed by atoms with van der Waals surface area (Å²) >= 11 is 0. The molecule has 0 aliphatic carbocycles. The number of hydrogen-bond acceptors (Lipinski definition) is 2. The van der Waals surface area contributed by atoms with Gasteiger partial charge >= 0.3 is 5.97 Å². The van der Waals surface area contributed by atoms with Crippen LogP contribution in [-0.4, -0.2) is 20.6 Å². The van der Waals surface area contributed by atoms with Crippen molar-refractivity contribution in [2.75, 3.05) is 0 Å². The van der Waals surface area contributed by atoms with Crippen LogP contribution < -0.4 is 0 Å². The first-order valence-electron chi connectivity index (χ1n) is 3.93. The maximum atomic E-state index is 13.4. The van der Waals surface area contributed by atoms with Gasteiger partial charge in [-0.15, -0.1) is 0 Å². The van der Waals surface area contributed by atoms with Gasteiger partial charge in [0.25, 0.3) is 0 Å². The highest BCUT2D eigenvalue weighted by atomic mass is 19.1. The lowest BCUT2D eigenvalue weighted by molar-refractivity contribution is 0.0696. The van der Waals surface area contributed by atoms with Crippen molar-refractivity contribution in [2.24, 2.45) is 7.05 Å². The van der Waals surface area contributed by atoms with Crippen molar-refractivity contribution >= 4 is 17.0 Å². The number of nitrogens with zero attached hydrogens (tertiary/aromatic N) is 2. The second-order valence-electron chi connectivity index (χ2n) is 2.99. The first-order valence-corrected chi connectivity index (χ1v) is 3.93. The van der Waals surface area contributed by atoms with Gasteiger partial charge in [-0.25, -0.2) is 14.2 Å². The summed E-state index contributed by atoms with van der Waals surface area (Å²) in [4.78, 5) is 14.5. The number of benzene rings is 1. The molecule has 1 heterocycles. The summed E-state index contributed by atoms with van der Waals surface area (Å²) in [6, 6.07) is 2.34. The number of aryl methyl sites for hydroxylation is 1. The number of imidazole rings is 1. The van der Waals surface area contributed by atoms with E-state index in [-0.39, 0.29) is 5.56 Å². The summed E-state index contributed by atoms with van der Waals surface area (Å²) in [7, 11) is 1.65. The number of carbonyl (C=O) groups is 1. The van der Waals surface area contributed by atoms with E-state index in [4.69, 9.17) is 5.11 Å². The first kappa shape index (κ1) is 8.68. The third-order valence-electron chi connectivity index (χ3n) is 2.01. The van der Waals surface area contributed by atoms with Gasteiger partial charge in [0.05, 0.1) is 17.4 Å². The number of halogens is 1. The van der Waals surface area contributed by atoms with Gasteiger partial charge in [-0.1, -0.05) is 0 Å². The standard InChI is InChI=1S/C9H7FN2O2/c1-12-4-11-7-3-5(9(13)14)2-6(10)8(7)12/h2-4H,1H3,(H,13,14). The largest absolute Gasteiger partial charge is 0.478 e. The SMILES string of the molecule is Cn1cnc2cc(C(=O)O)cc(F)c21. The molecule has 2 rings (SSSR count). The number of aromatic nitrogens is 2. The zero-order valence-electron chi connectivity index (χ0n) is 7.36. The molecule has 0 bridgehead atoms. The average molecular weight is 194 g/mol. The molecule has 72 valence electrons. The third kappa shape index (κ3) is 1.14. The lowest BCUT2D eigenvalue weighted by atomic mass is 10.2. The molecule has 5 heteroatoms. The highest BCUT2D eigenvalue weighted by molar-refractivity contribution is 5.92. The molecule has 14 heavy (non-hydrogen) atoms. The van der Waals surface area contributed by atoms with Gasteiger partial charge in [-0.3, -0.25) is 0 Å². The van der Waals surface area contributed by atoms with Crippen molar-refractivity contribution in [2.45, 2.75) is 0 Å². The van der Waals surface area contributed by atoms with Crippen molar-refractivity contribution in [1.82, 2.24) is 9.55 Å². The fourth-order valence-corrected chi connectivity index (χ4v) is 1.36. The molecular formula is C9H7FN2O2. The van der Waals surface area contributed by atoms with E-state index < -0.39 is 11.8 Å². The molecule has 0 unspecified atom stereocenters. The number of carboxylic acid groups (broad SMARTS) is 1. The van der Waals surface area contributed by atoms with E-state index in [9.17, 15) is 9.18 Å². The van der Waals surface area contributed by atoms with Crippen molar-refractivity contribution in [3.63, 3.8) is 0 Å². The summed E-state index contributed by atoms with van der Waals surface area (Å²) in [6.07, 6.45) is 1.44. The van der Waals surface area contributed by atoms with E-state index in [1.165, 1.54) is 17.0 Å². The van der Waals surface area contributed by atoms with Gasteiger partial charge in [0.1, 0.15) is 11.3 Å². The number of aromatic carboxylic acids is 1. The van der Waals surface area contributed by atoms with Gasteiger partial charge in [-0.2, -0.15) is 0 Å². The van der Waals surface area contributed by atoms with E-state index in [2.05, 4.69) is 4.98 Å². The topological polar surface area (TPSA) is 55.1 Å². The summed E-state index contributed by atoms with van der Waals surface area (Å²) < 4.78 is 14.9. The Morgan fingerprint density at radius 3 is 2.93 bits per heavy atom. The Hall–Kier alpha value is -1.91. The predicted octanol–water partition coefficient (Wildman–Crippen LogP) is 1.41. The minimum Gasteiger partial charge on any atom is -0.478 e. The smallest absolute Gasteiger partial charge is 0.335 e. The molecule has 0 aliphatic heterocycles. The Morgan fingerprint density at radius 1 is 1.57 bits per heavy atom. The first-order chi connectivity index (χ1) is 6.59. The van der Waals surface area contributed by atoms with Crippen molar-refractivity contribution in [3.05, 3.63) is 29.8 Å². The zero-order valence-corrected chi connectivity index (χ0v) is 7.36. The Labute approximate surface area is 78.6 Å². The molecule has 0 saturated carbocycles. The molecule has 1 N–H and O–H groups in total. The molecule has 1 aromatic carbocycles. The van der Waals surface area contributed by atoms with Crippen LogP contribution in [0.3, 0.4) is 0 Å². The molecule has 0 saturated heterocycles. The van der Waals surface area contributed by atoms with Crippen LogP contribution in [0.25, 0.3) is 11.0 Å². The maximum absolute atomic E-state index is 13.4. The molecule has 4 nitrogen and oxygen atoms in total. The normalized spacial score (nSPS) is 10.7. The van der Waals surface area contributed by atoms with Crippen LogP contribution in [0.2, 0.25) is 0 Å². The summed E-state index contributed by atoms with van der Waals surface area (Å²) in [5.41, 5.74) is 0.577. The molecule has 0 fully saturated rings. The zero-order chi connectivity index (χ0) is 10.3. The Morgan fingerprint density at radius 2 is 2.29 bits per heavy atom. The highest BCUT2D eigenvalue weighted by Crippen LogP contribution is 2.18. The van der Waals surface area contributed by atoms with Crippen LogP contribution >= 0.6 is 0 Å². The lowest BCUT2D eigenvalue weighted by Crippen LogP contribution is -1.98. The number of fused-ring (bicyclic) bond motifs is 1. The predicted molar refractivity (Wildman–Crippen MR) is 47.6 cm³/mol. The number of hydrogen-bond donors (Lipinski definition) is 1.